The summed E-state index contributed by atoms with van der Waals surface area (Å²) >= 11 is 0. The molecule has 2 heterocycles. The second-order valence-corrected chi connectivity index (χ2v) is 3.03. The van der Waals surface area contributed by atoms with Crippen LogP contribution in [0.4, 0.5) is 0 Å². The van der Waals surface area contributed by atoms with Crippen molar-refractivity contribution >= 4 is 5.97 Å². The first kappa shape index (κ1) is 10.1. The molecular formula is C7H8N6O3. The van der Waals surface area contributed by atoms with Gasteiger partial charge in [-0.05, 0) is 0 Å². The number of aryl methyl sites for hydroxylation is 2. The standard InChI is InChI=1S/C7H8N6O3/c14-6(15)5-3-13(11-9-5)2-1-12-4-8-10-7(12)16/h3-4H,1-2H2,(H,10,16)(H,14,15). The maximum Gasteiger partial charge on any atom is 0.358 e. The van der Waals surface area contributed by atoms with Crippen LogP contribution in [0.2, 0.25) is 0 Å². The molecule has 0 aliphatic rings. The van der Waals surface area contributed by atoms with Crippen molar-refractivity contribution in [2.75, 3.05) is 0 Å². The van der Waals surface area contributed by atoms with Gasteiger partial charge in [-0.1, -0.05) is 5.21 Å². The van der Waals surface area contributed by atoms with Gasteiger partial charge >= 0.3 is 11.7 Å². The van der Waals surface area contributed by atoms with E-state index in [0.29, 0.717) is 13.1 Å². The number of rotatable bonds is 4. The fourth-order valence-corrected chi connectivity index (χ4v) is 1.15. The van der Waals surface area contributed by atoms with E-state index in [2.05, 4.69) is 20.5 Å². The number of nitrogens with one attached hydrogen (secondary N) is 1. The molecule has 0 unspecified atom stereocenters. The summed E-state index contributed by atoms with van der Waals surface area (Å²) in [6.45, 7) is 0.692. The van der Waals surface area contributed by atoms with Crippen molar-refractivity contribution in [3.05, 3.63) is 28.7 Å². The lowest BCUT2D eigenvalue weighted by atomic mass is 10.5. The van der Waals surface area contributed by atoms with Crippen LogP contribution >= 0.6 is 0 Å². The topological polar surface area (TPSA) is 119 Å². The molecule has 0 radical (unpaired) electrons. The second-order valence-electron chi connectivity index (χ2n) is 3.03. The summed E-state index contributed by atoms with van der Waals surface area (Å²) < 4.78 is 2.70. The van der Waals surface area contributed by atoms with E-state index < -0.39 is 5.97 Å². The smallest absolute Gasteiger partial charge is 0.358 e. The van der Waals surface area contributed by atoms with Crippen LogP contribution in [-0.2, 0) is 13.1 Å². The molecule has 0 bridgehead atoms. The number of aromatic amines is 1. The fraction of sp³-hybridized carbons (Fsp3) is 0.286. The lowest BCUT2D eigenvalue weighted by molar-refractivity contribution is 0.0690. The van der Waals surface area contributed by atoms with E-state index in [1.54, 1.807) is 0 Å². The van der Waals surface area contributed by atoms with Gasteiger partial charge < -0.3 is 5.11 Å². The molecule has 0 aliphatic carbocycles. The van der Waals surface area contributed by atoms with Gasteiger partial charge in [0, 0.05) is 6.54 Å². The highest BCUT2D eigenvalue weighted by atomic mass is 16.4. The molecule has 2 N–H and O–H groups in total. The molecule has 9 nitrogen and oxygen atoms in total. The predicted molar refractivity (Wildman–Crippen MR) is 49.8 cm³/mol. The second kappa shape index (κ2) is 3.96. The maximum atomic E-state index is 11.1. The number of carboxylic acids is 1. The lowest BCUT2D eigenvalue weighted by Gasteiger charge is -1.98. The Labute approximate surface area is 88.3 Å². The van der Waals surface area contributed by atoms with Gasteiger partial charge in [-0.2, -0.15) is 5.10 Å². The Bertz CT molecular complexity index is 552. The third-order valence-electron chi connectivity index (χ3n) is 1.95. The van der Waals surface area contributed by atoms with Crippen LogP contribution < -0.4 is 5.69 Å². The van der Waals surface area contributed by atoms with Crippen molar-refractivity contribution in [1.29, 1.82) is 0 Å². The number of aromatic nitrogens is 6. The maximum absolute atomic E-state index is 11.1. The number of hydrogen-bond donors (Lipinski definition) is 2. The molecule has 2 aromatic rings. The molecule has 0 spiro atoms. The number of aromatic carboxylic acids is 1. The van der Waals surface area contributed by atoms with Crippen LogP contribution in [0.5, 0.6) is 0 Å². The molecule has 2 aromatic heterocycles. The number of carbonyl (C=O) groups is 1. The number of hydrogen-bond acceptors (Lipinski definition) is 5. The molecule has 2 rings (SSSR count). The molecule has 0 aliphatic heterocycles. The zero-order chi connectivity index (χ0) is 11.5. The van der Waals surface area contributed by atoms with Gasteiger partial charge in [0.1, 0.15) is 6.33 Å². The molecule has 9 heteroatoms. The minimum Gasteiger partial charge on any atom is -0.476 e. The average Bonchev–Trinajstić information content (AvgIpc) is 2.83. The Morgan fingerprint density at radius 3 is 2.88 bits per heavy atom. The predicted octanol–water partition coefficient (Wildman–Crippen LogP) is -1.44. The lowest BCUT2D eigenvalue weighted by Crippen LogP contribution is -2.19. The first-order valence-electron chi connectivity index (χ1n) is 4.40. The van der Waals surface area contributed by atoms with E-state index in [1.807, 2.05) is 0 Å². The van der Waals surface area contributed by atoms with E-state index in [9.17, 15) is 9.59 Å². The number of nitrogens with zero attached hydrogens (tertiary/aromatic N) is 5. The van der Waals surface area contributed by atoms with Gasteiger partial charge in [-0.3, -0.25) is 4.57 Å². The van der Waals surface area contributed by atoms with Gasteiger partial charge in [0.2, 0.25) is 0 Å². The Morgan fingerprint density at radius 2 is 2.31 bits per heavy atom. The van der Waals surface area contributed by atoms with Gasteiger partial charge in [-0.15, -0.1) is 5.10 Å². The summed E-state index contributed by atoms with van der Waals surface area (Å²) in [4.78, 5) is 21.6. The largest absolute Gasteiger partial charge is 0.476 e. The van der Waals surface area contributed by atoms with Crippen LogP contribution in [0.1, 0.15) is 10.5 Å². The molecule has 0 amide bonds. The van der Waals surface area contributed by atoms with Gasteiger partial charge in [-0.25, -0.2) is 19.4 Å². The van der Waals surface area contributed by atoms with Crippen LogP contribution in [0.15, 0.2) is 17.3 Å². The Balaban J connectivity index is 2.02. The van der Waals surface area contributed by atoms with Gasteiger partial charge in [0.05, 0.1) is 12.7 Å². The summed E-state index contributed by atoms with van der Waals surface area (Å²) in [5.41, 5.74) is -0.446. The van der Waals surface area contributed by atoms with Crippen molar-refractivity contribution in [3.63, 3.8) is 0 Å². The van der Waals surface area contributed by atoms with Crippen LogP contribution in [0.3, 0.4) is 0 Å². The zero-order valence-corrected chi connectivity index (χ0v) is 8.07. The van der Waals surface area contributed by atoms with Crippen molar-refractivity contribution in [2.45, 2.75) is 13.1 Å². The van der Waals surface area contributed by atoms with Crippen molar-refractivity contribution < 1.29 is 9.90 Å². The SMILES string of the molecule is O=C(O)c1cn(CCn2cn[nH]c2=O)nn1. The highest BCUT2D eigenvalue weighted by molar-refractivity contribution is 5.84. The molecule has 0 atom stereocenters. The molecule has 0 fully saturated rings. The van der Waals surface area contributed by atoms with E-state index in [0.717, 1.165) is 0 Å². The first-order valence-corrected chi connectivity index (χ1v) is 4.40. The Hall–Kier alpha value is -2.45. The molecule has 84 valence electrons. The van der Waals surface area contributed by atoms with E-state index in [-0.39, 0.29) is 11.4 Å². The zero-order valence-electron chi connectivity index (χ0n) is 8.07. The summed E-state index contributed by atoms with van der Waals surface area (Å²) in [5.74, 6) is -1.13. The van der Waals surface area contributed by atoms with E-state index in [4.69, 9.17) is 5.11 Å². The molecular weight excluding hydrogens is 216 g/mol. The fourth-order valence-electron chi connectivity index (χ4n) is 1.15. The summed E-state index contributed by atoms with van der Waals surface area (Å²) in [6.07, 6.45) is 2.66. The highest BCUT2D eigenvalue weighted by Crippen LogP contribution is 1.93. The van der Waals surface area contributed by atoms with E-state index in [1.165, 1.54) is 21.8 Å². The summed E-state index contributed by atoms with van der Waals surface area (Å²) in [6, 6.07) is 0. The average molecular weight is 224 g/mol. The van der Waals surface area contributed by atoms with Gasteiger partial charge in [0.15, 0.2) is 5.69 Å². The molecule has 16 heavy (non-hydrogen) atoms. The summed E-state index contributed by atoms with van der Waals surface area (Å²) in [5, 5.41) is 21.5. The minimum atomic E-state index is -1.13. The highest BCUT2D eigenvalue weighted by Gasteiger charge is 2.08. The van der Waals surface area contributed by atoms with Crippen LogP contribution in [0, 0.1) is 0 Å². The monoisotopic (exact) mass is 224 g/mol. The first-order chi connectivity index (χ1) is 7.66. The Kier molecular flexibility index (Phi) is 2.50. The van der Waals surface area contributed by atoms with E-state index >= 15 is 0 Å². The summed E-state index contributed by atoms with van der Waals surface area (Å²) in [7, 11) is 0. The Morgan fingerprint density at radius 1 is 1.50 bits per heavy atom. The normalized spacial score (nSPS) is 10.5. The van der Waals surface area contributed by atoms with Crippen LogP contribution in [0.25, 0.3) is 0 Å². The van der Waals surface area contributed by atoms with Crippen LogP contribution in [-0.4, -0.2) is 40.8 Å². The number of carboxylic acid groups (broad SMARTS) is 1. The van der Waals surface area contributed by atoms with Crippen molar-refractivity contribution in [3.8, 4) is 0 Å². The number of H-pyrrole nitrogens is 1. The molecule has 0 aromatic carbocycles. The third-order valence-corrected chi connectivity index (χ3v) is 1.95. The van der Waals surface area contributed by atoms with Crippen molar-refractivity contribution in [1.82, 2.24) is 29.8 Å². The molecule has 0 saturated heterocycles. The quantitative estimate of drug-likeness (QED) is 0.656. The molecule has 0 saturated carbocycles. The van der Waals surface area contributed by atoms with Gasteiger partial charge in [0.25, 0.3) is 0 Å². The third kappa shape index (κ3) is 1.97. The van der Waals surface area contributed by atoms with Crippen molar-refractivity contribution in [2.24, 2.45) is 0 Å². The minimum absolute atomic E-state index is 0.125.